The van der Waals surface area contributed by atoms with Gasteiger partial charge in [-0.25, -0.2) is 5.43 Å². The van der Waals surface area contributed by atoms with Gasteiger partial charge in [0.15, 0.2) is 0 Å². The Morgan fingerprint density at radius 1 is 1.18 bits per heavy atom. The van der Waals surface area contributed by atoms with Crippen LogP contribution in [0.1, 0.15) is 21.7 Å². The molecule has 28 heavy (non-hydrogen) atoms. The number of hydrogen-bond donors (Lipinski definition) is 1. The van der Waals surface area contributed by atoms with E-state index < -0.39 is 4.92 Å². The Kier molecular flexibility index (Phi) is 5.50. The molecule has 1 N–H and O–H groups in total. The molecule has 2 aromatic carbocycles. The predicted octanol–water partition coefficient (Wildman–Crippen LogP) is 3.94. The van der Waals surface area contributed by atoms with E-state index in [1.54, 1.807) is 49.6 Å². The minimum atomic E-state index is -0.455. The zero-order chi connectivity index (χ0) is 20.1. The lowest BCUT2D eigenvalue weighted by Gasteiger charge is -2.02. The first-order valence-electron chi connectivity index (χ1n) is 8.30. The Morgan fingerprint density at radius 3 is 2.61 bits per heavy atom. The number of nitrogens with one attached hydrogen (secondary N) is 1. The standard InChI is InChI=1S/C20H17N3O5/c1-13-3-6-15(23(25)26)11-18(13)19-10-9-17(28-19)12-21-22-20(24)14-4-7-16(27-2)8-5-14/h3-12H,1-2H3,(H,22,24)/b21-12-. The molecule has 0 saturated carbocycles. The minimum Gasteiger partial charge on any atom is -0.497 e. The third-order valence-electron chi connectivity index (χ3n) is 4.03. The van der Waals surface area contributed by atoms with Gasteiger partial charge in [-0.15, -0.1) is 0 Å². The van der Waals surface area contributed by atoms with E-state index in [9.17, 15) is 14.9 Å². The van der Waals surface area contributed by atoms with Gasteiger partial charge in [-0.3, -0.25) is 14.9 Å². The van der Waals surface area contributed by atoms with Crippen molar-refractivity contribution in [3.05, 3.63) is 81.6 Å². The van der Waals surface area contributed by atoms with Gasteiger partial charge in [-0.2, -0.15) is 5.10 Å². The maximum Gasteiger partial charge on any atom is 0.271 e. The Labute approximate surface area is 160 Å². The zero-order valence-corrected chi connectivity index (χ0v) is 15.2. The van der Waals surface area contributed by atoms with Crippen LogP contribution in [0.3, 0.4) is 0 Å². The van der Waals surface area contributed by atoms with Crippen molar-refractivity contribution < 1.29 is 18.9 Å². The molecule has 1 heterocycles. The van der Waals surface area contributed by atoms with Crippen LogP contribution in [0.25, 0.3) is 11.3 Å². The first kappa shape index (κ1) is 18.8. The number of furan rings is 1. The fourth-order valence-electron chi connectivity index (χ4n) is 2.52. The summed E-state index contributed by atoms with van der Waals surface area (Å²) < 4.78 is 10.7. The number of ether oxygens (including phenoxy) is 1. The Morgan fingerprint density at radius 2 is 1.93 bits per heavy atom. The Hall–Kier alpha value is -3.94. The summed E-state index contributed by atoms with van der Waals surface area (Å²) in [5, 5.41) is 14.8. The molecule has 0 saturated heterocycles. The molecule has 0 unspecified atom stereocenters. The fourth-order valence-corrected chi connectivity index (χ4v) is 2.52. The summed E-state index contributed by atoms with van der Waals surface area (Å²) in [5.41, 5.74) is 4.30. The van der Waals surface area contributed by atoms with Crippen LogP contribution in [-0.4, -0.2) is 24.2 Å². The molecular weight excluding hydrogens is 362 g/mol. The molecule has 0 fully saturated rings. The van der Waals surface area contributed by atoms with E-state index >= 15 is 0 Å². The second-order valence-corrected chi connectivity index (χ2v) is 5.89. The summed E-state index contributed by atoms with van der Waals surface area (Å²) in [4.78, 5) is 22.6. The van der Waals surface area contributed by atoms with Gasteiger partial charge in [0.05, 0.1) is 18.2 Å². The molecular formula is C20H17N3O5. The van der Waals surface area contributed by atoms with Gasteiger partial charge in [0.1, 0.15) is 17.3 Å². The molecule has 0 aliphatic heterocycles. The van der Waals surface area contributed by atoms with Gasteiger partial charge < -0.3 is 9.15 Å². The van der Waals surface area contributed by atoms with Gasteiger partial charge in [0.25, 0.3) is 11.6 Å². The topological polar surface area (TPSA) is 107 Å². The number of aryl methyl sites for hydroxylation is 1. The van der Waals surface area contributed by atoms with Gasteiger partial charge in [-0.1, -0.05) is 6.07 Å². The highest BCUT2D eigenvalue weighted by molar-refractivity contribution is 5.94. The number of amides is 1. The quantitative estimate of drug-likeness (QED) is 0.397. The molecule has 0 atom stereocenters. The van der Waals surface area contributed by atoms with Crippen LogP contribution < -0.4 is 10.2 Å². The van der Waals surface area contributed by atoms with Crippen LogP contribution in [0.5, 0.6) is 5.75 Å². The predicted molar refractivity (Wildman–Crippen MR) is 104 cm³/mol. The molecule has 0 radical (unpaired) electrons. The van der Waals surface area contributed by atoms with Crippen molar-refractivity contribution in [2.45, 2.75) is 6.92 Å². The zero-order valence-electron chi connectivity index (χ0n) is 15.2. The maximum absolute atomic E-state index is 12.0. The third-order valence-corrected chi connectivity index (χ3v) is 4.03. The first-order chi connectivity index (χ1) is 13.5. The van der Waals surface area contributed by atoms with E-state index in [-0.39, 0.29) is 11.6 Å². The van der Waals surface area contributed by atoms with E-state index in [2.05, 4.69) is 10.5 Å². The number of hydrazone groups is 1. The summed E-state index contributed by atoms with van der Waals surface area (Å²) >= 11 is 0. The number of nitrogens with zero attached hydrogens (tertiary/aromatic N) is 2. The third kappa shape index (κ3) is 4.24. The molecule has 1 aromatic heterocycles. The highest BCUT2D eigenvalue weighted by atomic mass is 16.6. The second kappa shape index (κ2) is 8.17. The number of carbonyl (C=O) groups excluding carboxylic acids is 1. The van der Waals surface area contributed by atoms with Crippen molar-refractivity contribution in [1.82, 2.24) is 5.43 Å². The number of nitro benzene ring substituents is 1. The number of hydrogen-bond acceptors (Lipinski definition) is 6. The van der Waals surface area contributed by atoms with Crippen molar-refractivity contribution in [2.24, 2.45) is 5.10 Å². The second-order valence-electron chi connectivity index (χ2n) is 5.89. The molecule has 3 rings (SSSR count). The molecule has 0 spiro atoms. The Balaban J connectivity index is 1.69. The van der Waals surface area contributed by atoms with Crippen molar-refractivity contribution >= 4 is 17.8 Å². The van der Waals surface area contributed by atoms with Crippen LogP contribution >= 0.6 is 0 Å². The number of rotatable bonds is 6. The van der Waals surface area contributed by atoms with Crippen molar-refractivity contribution in [3.8, 4) is 17.1 Å². The van der Waals surface area contributed by atoms with Crippen LogP contribution in [-0.2, 0) is 0 Å². The van der Waals surface area contributed by atoms with E-state index in [0.717, 1.165) is 5.56 Å². The maximum atomic E-state index is 12.0. The summed E-state index contributed by atoms with van der Waals surface area (Å²) in [6, 6.07) is 14.5. The molecule has 1 amide bonds. The normalized spacial score (nSPS) is 10.8. The van der Waals surface area contributed by atoms with Crippen LogP contribution in [0.15, 0.2) is 64.1 Å². The molecule has 8 heteroatoms. The van der Waals surface area contributed by atoms with E-state index in [0.29, 0.717) is 28.4 Å². The summed E-state index contributed by atoms with van der Waals surface area (Å²) in [5.74, 6) is 1.15. The molecule has 142 valence electrons. The lowest BCUT2D eigenvalue weighted by atomic mass is 10.1. The van der Waals surface area contributed by atoms with Crippen molar-refractivity contribution in [3.63, 3.8) is 0 Å². The number of nitro groups is 1. The molecule has 3 aromatic rings. The SMILES string of the molecule is COc1ccc(C(=O)N/N=C\c2ccc(-c3cc([N+](=O)[O-])ccc3C)o2)cc1. The van der Waals surface area contributed by atoms with Gasteiger partial charge in [-0.05, 0) is 48.9 Å². The van der Waals surface area contributed by atoms with Gasteiger partial charge in [0, 0.05) is 23.3 Å². The van der Waals surface area contributed by atoms with Gasteiger partial charge >= 0.3 is 0 Å². The number of benzene rings is 2. The number of non-ortho nitro benzene ring substituents is 1. The Bertz CT molecular complexity index is 1040. The van der Waals surface area contributed by atoms with Crippen LogP contribution in [0.2, 0.25) is 0 Å². The number of methoxy groups -OCH3 is 1. The summed E-state index contributed by atoms with van der Waals surface area (Å²) in [7, 11) is 1.55. The van der Waals surface area contributed by atoms with Crippen molar-refractivity contribution in [1.29, 1.82) is 0 Å². The van der Waals surface area contributed by atoms with E-state index in [1.807, 2.05) is 6.92 Å². The van der Waals surface area contributed by atoms with E-state index in [1.165, 1.54) is 18.3 Å². The monoisotopic (exact) mass is 379 g/mol. The summed E-state index contributed by atoms with van der Waals surface area (Å²) in [6.45, 7) is 1.84. The fraction of sp³-hybridized carbons (Fsp3) is 0.100. The largest absolute Gasteiger partial charge is 0.497 e. The summed E-state index contributed by atoms with van der Waals surface area (Å²) in [6.07, 6.45) is 1.36. The highest BCUT2D eigenvalue weighted by Gasteiger charge is 2.13. The molecule has 0 aliphatic rings. The van der Waals surface area contributed by atoms with E-state index in [4.69, 9.17) is 9.15 Å². The highest BCUT2D eigenvalue weighted by Crippen LogP contribution is 2.28. The average molecular weight is 379 g/mol. The van der Waals surface area contributed by atoms with Crippen LogP contribution in [0, 0.1) is 17.0 Å². The van der Waals surface area contributed by atoms with Gasteiger partial charge in [0.2, 0.25) is 0 Å². The lowest BCUT2D eigenvalue weighted by molar-refractivity contribution is -0.384. The van der Waals surface area contributed by atoms with Crippen LogP contribution in [0.4, 0.5) is 5.69 Å². The average Bonchev–Trinajstić information content (AvgIpc) is 3.16. The first-order valence-corrected chi connectivity index (χ1v) is 8.30. The smallest absolute Gasteiger partial charge is 0.271 e. The molecule has 8 nitrogen and oxygen atoms in total. The number of carbonyl (C=O) groups is 1. The lowest BCUT2D eigenvalue weighted by Crippen LogP contribution is -2.17. The van der Waals surface area contributed by atoms with Crippen molar-refractivity contribution in [2.75, 3.05) is 7.11 Å². The molecule has 0 bridgehead atoms. The minimum absolute atomic E-state index is 0.0148. The molecule has 0 aliphatic carbocycles.